The molecular weight excluding hydrogens is 198 g/mol. The van der Waals surface area contributed by atoms with E-state index in [0.717, 1.165) is 19.5 Å². The van der Waals surface area contributed by atoms with E-state index in [-0.39, 0.29) is 5.92 Å². The number of carbonyl (C=O) groups excluding carboxylic acids is 1. The van der Waals surface area contributed by atoms with E-state index >= 15 is 0 Å². The van der Waals surface area contributed by atoms with Gasteiger partial charge in [0.05, 0.1) is 0 Å². The molecule has 2 nitrogen and oxygen atoms in total. The monoisotopic (exact) mass is 225 g/mol. The lowest BCUT2D eigenvalue weighted by Crippen LogP contribution is -2.44. The molecule has 1 saturated heterocycles. The van der Waals surface area contributed by atoms with Crippen molar-refractivity contribution < 1.29 is 4.79 Å². The number of carbonyl (C=O) groups is 1. The highest BCUT2D eigenvalue weighted by Gasteiger charge is 2.25. The molecule has 1 fully saturated rings. The van der Waals surface area contributed by atoms with Gasteiger partial charge in [0.1, 0.15) is 5.78 Å². The van der Waals surface area contributed by atoms with Gasteiger partial charge in [-0.25, -0.2) is 0 Å². The molecule has 0 bridgehead atoms. The number of hydrogen-bond donors (Lipinski definition) is 0. The van der Waals surface area contributed by atoms with Crippen LogP contribution in [0.15, 0.2) is 0 Å². The summed E-state index contributed by atoms with van der Waals surface area (Å²) < 4.78 is 0. The van der Waals surface area contributed by atoms with E-state index in [1.807, 2.05) is 0 Å². The minimum absolute atomic E-state index is 0.256. The van der Waals surface area contributed by atoms with Gasteiger partial charge in [-0.3, -0.25) is 9.69 Å². The summed E-state index contributed by atoms with van der Waals surface area (Å²) in [4.78, 5) is 13.9. The van der Waals surface area contributed by atoms with Crippen LogP contribution in [0.5, 0.6) is 0 Å². The molecule has 0 radical (unpaired) electrons. The zero-order valence-corrected chi connectivity index (χ0v) is 11.2. The zero-order valence-electron chi connectivity index (χ0n) is 11.2. The molecule has 1 aliphatic heterocycles. The second-order valence-electron chi connectivity index (χ2n) is 5.31. The molecule has 1 aliphatic rings. The average Bonchev–Trinajstić information content (AvgIpc) is 2.28. The van der Waals surface area contributed by atoms with Gasteiger partial charge in [0.15, 0.2) is 0 Å². The number of piperidine rings is 1. The molecule has 1 heterocycles. The van der Waals surface area contributed by atoms with Crippen LogP contribution in [-0.4, -0.2) is 29.8 Å². The van der Waals surface area contributed by atoms with Crippen molar-refractivity contribution in [2.45, 2.75) is 65.3 Å². The standard InChI is InChI=1S/C14H27NO/c1-4-5-6-7-8-13(3)15-10-9-14(16)12(2)11-15/h12-13H,4-11H2,1-3H3. The van der Waals surface area contributed by atoms with Crippen molar-refractivity contribution in [3.8, 4) is 0 Å². The van der Waals surface area contributed by atoms with Crippen LogP contribution in [0.1, 0.15) is 59.3 Å². The summed E-state index contributed by atoms with van der Waals surface area (Å²) in [6.45, 7) is 8.60. The highest BCUT2D eigenvalue weighted by Crippen LogP contribution is 2.18. The van der Waals surface area contributed by atoms with Crippen LogP contribution in [0.3, 0.4) is 0 Å². The third-order valence-electron chi connectivity index (χ3n) is 3.80. The van der Waals surface area contributed by atoms with Gasteiger partial charge in [-0.15, -0.1) is 0 Å². The molecule has 0 aromatic heterocycles. The Morgan fingerprint density at radius 3 is 2.75 bits per heavy atom. The summed E-state index contributed by atoms with van der Waals surface area (Å²) in [6, 6.07) is 0.660. The number of unbranched alkanes of at least 4 members (excludes halogenated alkanes) is 3. The second kappa shape index (κ2) is 7.05. The Morgan fingerprint density at radius 2 is 2.12 bits per heavy atom. The molecule has 2 heteroatoms. The van der Waals surface area contributed by atoms with E-state index in [1.165, 1.54) is 32.1 Å². The van der Waals surface area contributed by atoms with Crippen LogP contribution in [-0.2, 0) is 4.79 Å². The molecule has 16 heavy (non-hydrogen) atoms. The van der Waals surface area contributed by atoms with Gasteiger partial charge in [-0.1, -0.05) is 39.5 Å². The van der Waals surface area contributed by atoms with Gasteiger partial charge in [-0.05, 0) is 13.3 Å². The summed E-state index contributed by atoms with van der Waals surface area (Å²) in [6.07, 6.45) is 7.43. The minimum Gasteiger partial charge on any atom is -0.300 e. The van der Waals surface area contributed by atoms with Crippen molar-refractivity contribution in [2.75, 3.05) is 13.1 Å². The molecule has 2 atom stereocenters. The summed E-state index contributed by atoms with van der Waals surface area (Å²) in [5.41, 5.74) is 0. The van der Waals surface area contributed by atoms with E-state index < -0.39 is 0 Å². The maximum atomic E-state index is 11.4. The number of hydrogen-bond acceptors (Lipinski definition) is 2. The van der Waals surface area contributed by atoms with Crippen LogP contribution in [0.25, 0.3) is 0 Å². The third kappa shape index (κ3) is 4.25. The highest BCUT2D eigenvalue weighted by molar-refractivity contribution is 5.81. The van der Waals surface area contributed by atoms with Crippen molar-refractivity contribution in [2.24, 2.45) is 5.92 Å². The molecule has 0 N–H and O–H groups in total. The van der Waals surface area contributed by atoms with Gasteiger partial charge in [0.25, 0.3) is 0 Å². The molecule has 0 saturated carbocycles. The van der Waals surface area contributed by atoms with Crippen molar-refractivity contribution in [1.82, 2.24) is 4.90 Å². The SMILES string of the molecule is CCCCCCC(C)N1CCC(=O)C(C)C1. The van der Waals surface area contributed by atoms with Gasteiger partial charge in [0, 0.05) is 31.5 Å². The second-order valence-corrected chi connectivity index (χ2v) is 5.31. The molecule has 0 aromatic carbocycles. The van der Waals surface area contributed by atoms with Crippen molar-refractivity contribution in [3.05, 3.63) is 0 Å². The summed E-state index contributed by atoms with van der Waals surface area (Å²) >= 11 is 0. The minimum atomic E-state index is 0.256. The van der Waals surface area contributed by atoms with E-state index in [9.17, 15) is 4.79 Å². The predicted molar refractivity (Wildman–Crippen MR) is 68.6 cm³/mol. The third-order valence-corrected chi connectivity index (χ3v) is 3.80. The van der Waals surface area contributed by atoms with Crippen molar-refractivity contribution in [1.29, 1.82) is 0 Å². The lowest BCUT2D eigenvalue weighted by atomic mass is 9.96. The Kier molecular flexibility index (Phi) is 6.04. The van der Waals surface area contributed by atoms with E-state index in [0.29, 0.717) is 11.8 Å². The molecule has 94 valence electrons. The number of likely N-dealkylation sites (tertiary alicyclic amines) is 1. The average molecular weight is 225 g/mol. The Bertz CT molecular complexity index is 215. The first kappa shape index (κ1) is 13.7. The van der Waals surface area contributed by atoms with Crippen LogP contribution in [0.2, 0.25) is 0 Å². The predicted octanol–water partition coefficient (Wildman–Crippen LogP) is 3.26. The maximum Gasteiger partial charge on any atom is 0.138 e. The number of Topliss-reactive ketones (excluding diaryl/α,β-unsaturated/α-hetero) is 1. The van der Waals surface area contributed by atoms with Crippen LogP contribution in [0.4, 0.5) is 0 Å². The Morgan fingerprint density at radius 1 is 1.38 bits per heavy atom. The largest absolute Gasteiger partial charge is 0.300 e. The fraction of sp³-hybridized carbons (Fsp3) is 0.929. The van der Waals surface area contributed by atoms with E-state index in [1.54, 1.807) is 0 Å². The van der Waals surface area contributed by atoms with Gasteiger partial charge >= 0.3 is 0 Å². The first-order valence-corrected chi connectivity index (χ1v) is 6.92. The fourth-order valence-corrected chi connectivity index (χ4v) is 2.49. The molecular formula is C14H27NO. The van der Waals surface area contributed by atoms with Gasteiger partial charge < -0.3 is 0 Å². The fourth-order valence-electron chi connectivity index (χ4n) is 2.49. The van der Waals surface area contributed by atoms with Gasteiger partial charge in [-0.2, -0.15) is 0 Å². The molecule has 2 unspecified atom stereocenters. The smallest absolute Gasteiger partial charge is 0.138 e. The first-order valence-electron chi connectivity index (χ1n) is 6.92. The van der Waals surface area contributed by atoms with E-state index in [2.05, 4.69) is 25.7 Å². The number of nitrogens with zero attached hydrogens (tertiary/aromatic N) is 1. The number of rotatable bonds is 6. The quantitative estimate of drug-likeness (QED) is 0.647. The normalized spacial score (nSPS) is 24.7. The molecule has 0 aromatic rings. The lowest BCUT2D eigenvalue weighted by molar-refractivity contribution is -0.126. The maximum absolute atomic E-state index is 11.4. The van der Waals surface area contributed by atoms with Crippen molar-refractivity contribution in [3.63, 3.8) is 0 Å². The van der Waals surface area contributed by atoms with E-state index in [4.69, 9.17) is 0 Å². The topological polar surface area (TPSA) is 20.3 Å². The van der Waals surface area contributed by atoms with Gasteiger partial charge in [0.2, 0.25) is 0 Å². The van der Waals surface area contributed by atoms with Crippen LogP contribution in [0, 0.1) is 5.92 Å². The zero-order chi connectivity index (χ0) is 12.0. The molecule has 0 spiro atoms. The molecule has 0 aliphatic carbocycles. The molecule has 1 rings (SSSR count). The van der Waals surface area contributed by atoms with Crippen LogP contribution >= 0.6 is 0 Å². The number of ketones is 1. The summed E-state index contributed by atoms with van der Waals surface area (Å²) in [5.74, 6) is 0.710. The Labute approximate surface area is 100 Å². The van der Waals surface area contributed by atoms with Crippen LogP contribution < -0.4 is 0 Å². The Hall–Kier alpha value is -0.370. The lowest BCUT2D eigenvalue weighted by Gasteiger charge is -2.34. The highest BCUT2D eigenvalue weighted by atomic mass is 16.1. The van der Waals surface area contributed by atoms with Crippen molar-refractivity contribution >= 4 is 5.78 Å². The summed E-state index contributed by atoms with van der Waals surface area (Å²) in [5, 5.41) is 0. The Balaban J connectivity index is 2.21. The first-order chi connectivity index (χ1) is 7.65. The molecule has 0 amide bonds. The summed E-state index contributed by atoms with van der Waals surface area (Å²) in [7, 11) is 0.